The number of amides is 1. The largest absolute Gasteiger partial charge is 0.325 e. The Kier molecular flexibility index (Phi) is 4.00. The molecule has 18 heavy (non-hydrogen) atoms. The Morgan fingerprint density at radius 2 is 2.33 bits per heavy atom. The van der Waals surface area contributed by atoms with Gasteiger partial charge < -0.3 is 10.6 Å². The molecule has 2 rings (SSSR count). The summed E-state index contributed by atoms with van der Waals surface area (Å²) in [4.78, 5) is 12.0. The number of hydrogen-bond donors (Lipinski definition) is 2. The predicted molar refractivity (Wildman–Crippen MR) is 73.0 cm³/mol. The van der Waals surface area contributed by atoms with Crippen molar-refractivity contribution >= 4 is 27.5 Å². The maximum Gasteiger partial charge on any atom is 0.227 e. The Labute approximate surface area is 115 Å². The van der Waals surface area contributed by atoms with E-state index in [9.17, 15) is 4.79 Å². The lowest BCUT2D eigenvalue weighted by Gasteiger charge is -2.31. The lowest BCUT2D eigenvalue weighted by atomic mass is 9.88. The highest BCUT2D eigenvalue weighted by molar-refractivity contribution is 9.10. The number of nitrogens with zero attached hydrogens (tertiary/aromatic N) is 1. The van der Waals surface area contributed by atoms with E-state index >= 15 is 0 Å². The van der Waals surface area contributed by atoms with Crippen molar-refractivity contribution in [1.82, 2.24) is 5.32 Å². The SMILES string of the molecule is CC(C(=O)Nc1ccc(C#N)cc1Br)C1CNC1. The van der Waals surface area contributed by atoms with Gasteiger partial charge in [0.15, 0.2) is 0 Å². The van der Waals surface area contributed by atoms with Gasteiger partial charge in [0.25, 0.3) is 0 Å². The average Bonchev–Trinajstić information content (AvgIpc) is 2.29. The number of anilines is 1. The monoisotopic (exact) mass is 307 g/mol. The van der Waals surface area contributed by atoms with E-state index in [0.717, 1.165) is 17.6 Å². The minimum Gasteiger partial charge on any atom is -0.325 e. The van der Waals surface area contributed by atoms with Crippen molar-refractivity contribution in [2.24, 2.45) is 11.8 Å². The molecule has 94 valence electrons. The fourth-order valence-corrected chi connectivity index (χ4v) is 2.29. The van der Waals surface area contributed by atoms with Crippen LogP contribution in [0, 0.1) is 23.2 Å². The molecule has 1 unspecified atom stereocenters. The van der Waals surface area contributed by atoms with Crippen molar-refractivity contribution in [2.75, 3.05) is 18.4 Å². The lowest BCUT2D eigenvalue weighted by molar-refractivity contribution is -0.121. The molecule has 1 aromatic rings. The molecule has 0 aliphatic carbocycles. The van der Waals surface area contributed by atoms with Crippen molar-refractivity contribution in [1.29, 1.82) is 5.26 Å². The Morgan fingerprint density at radius 1 is 1.61 bits per heavy atom. The highest BCUT2D eigenvalue weighted by Gasteiger charge is 2.28. The molecule has 0 aromatic heterocycles. The van der Waals surface area contributed by atoms with Gasteiger partial charge in [0, 0.05) is 10.4 Å². The minimum atomic E-state index is -0.00575. The highest BCUT2D eigenvalue weighted by atomic mass is 79.9. The fourth-order valence-electron chi connectivity index (χ4n) is 1.81. The van der Waals surface area contributed by atoms with E-state index in [0.29, 0.717) is 17.2 Å². The quantitative estimate of drug-likeness (QED) is 0.899. The van der Waals surface area contributed by atoms with E-state index < -0.39 is 0 Å². The Morgan fingerprint density at radius 3 is 2.83 bits per heavy atom. The van der Waals surface area contributed by atoms with Crippen molar-refractivity contribution in [2.45, 2.75) is 6.92 Å². The molecular formula is C13H14BrN3O. The van der Waals surface area contributed by atoms with Crippen LogP contribution in [0.25, 0.3) is 0 Å². The standard InChI is InChI=1S/C13H14BrN3O/c1-8(10-6-16-7-10)13(18)17-12-3-2-9(5-15)4-11(12)14/h2-4,8,10,16H,6-7H2,1H3,(H,17,18). The highest BCUT2D eigenvalue weighted by Crippen LogP contribution is 2.25. The van der Waals surface area contributed by atoms with E-state index in [2.05, 4.69) is 32.6 Å². The van der Waals surface area contributed by atoms with E-state index in [1.54, 1.807) is 18.2 Å². The molecular weight excluding hydrogens is 294 g/mol. The number of hydrogen-bond acceptors (Lipinski definition) is 3. The van der Waals surface area contributed by atoms with Crippen LogP contribution in [0.5, 0.6) is 0 Å². The van der Waals surface area contributed by atoms with Crippen LogP contribution in [0.2, 0.25) is 0 Å². The third-order valence-electron chi connectivity index (χ3n) is 3.29. The molecule has 1 aromatic carbocycles. The maximum absolute atomic E-state index is 12.0. The van der Waals surface area contributed by atoms with Gasteiger partial charge in [-0.2, -0.15) is 5.26 Å². The van der Waals surface area contributed by atoms with Gasteiger partial charge in [0.05, 0.1) is 17.3 Å². The van der Waals surface area contributed by atoms with Gasteiger partial charge in [-0.1, -0.05) is 6.92 Å². The van der Waals surface area contributed by atoms with E-state index in [-0.39, 0.29) is 11.8 Å². The zero-order valence-electron chi connectivity index (χ0n) is 10.0. The second-order valence-electron chi connectivity index (χ2n) is 4.50. The molecule has 1 fully saturated rings. The Balaban J connectivity index is 2.04. The van der Waals surface area contributed by atoms with Crippen molar-refractivity contribution < 1.29 is 4.79 Å². The molecule has 0 bridgehead atoms. The van der Waals surface area contributed by atoms with Gasteiger partial charge >= 0.3 is 0 Å². The molecule has 0 saturated carbocycles. The smallest absolute Gasteiger partial charge is 0.227 e. The molecule has 4 nitrogen and oxygen atoms in total. The van der Waals surface area contributed by atoms with Crippen LogP contribution < -0.4 is 10.6 Å². The van der Waals surface area contributed by atoms with Crippen LogP contribution >= 0.6 is 15.9 Å². The third-order valence-corrected chi connectivity index (χ3v) is 3.95. The molecule has 2 N–H and O–H groups in total. The zero-order chi connectivity index (χ0) is 13.1. The first-order chi connectivity index (χ1) is 8.61. The van der Waals surface area contributed by atoms with E-state index in [1.807, 2.05) is 6.92 Å². The van der Waals surface area contributed by atoms with Crippen LogP contribution in [0.3, 0.4) is 0 Å². The molecule has 1 aliphatic heterocycles. The van der Waals surface area contributed by atoms with Crippen LogP contribution in [0.4, 0.5) is 5.69 Å². The van der Waals surface area contributed by atoms with Gasteiger partial charge in [-0.05, 0) is 53.1 Å². The summed E-state index contributed by atoms with van der Waals surface area (Å²) in [6, 6.07) is 7.19. The first kappa shape index (κ1) is 13.1. The maximum atomic E-state index is 12.0. The second-order valence-corrected chi connectivity index (χ2v) is 5.36. The number of carbonyl (C=O) groups excluding carboxylic acids is 1. The van der Waals surface area contributed by atoms with Crippen molar-refractivity contribution in [3.05, 3.63) is 28.2 Å². The Bertz CT molecular complexity index is 505. The van der Waals surface area contributed by atoms with Gasteiger partial charge in [-0.15, -0.1) is 0 Å². The number of halogens is 1. The molecule has 1 aliphatic rings. The summed E-state index contributed by atoms with van der Waals surface area (Å²) < 4.78 is 0.730. The zero-order valence-corrected chi connectivity index (χ0v) is 11.6. The predicted octanol–water partition coefficient (Wildman–Crippen LogP) is 2.11. The molecule has 1 amide bonds. The van der Waals surface area contributed by atoms with E-state index in [4.69, 9.17) is 5.26 Å². The van der Waals surface area contributed by atoms with Crippen LogP contribution in [-0.2, 0) is 4.79 Å². The number of carbonyl (C=O) groups is 1. The summed E-state index contributed by atoms with van der Waals surface area (Å²) in [7, 11) is 0. The molecule has 1 atom stereocenters. The molecule has 0 radical (unpaired) electrons. The van der Waals surface area contributed by atoms with E-state index in [1.165, 1.54) is 0 Å². The summed E-state index contributed by atoms with van der Waals surface area (Å²) in [6.45, 7) is 3.75. The molecule has 1 saturated heterocycles. The molecule has 0 spiro atoms. The van der Waals surface area contributed by atoms with Crippen LogP contribution in [0.15, 0.2) is 22.7 Å². The molecule has 1 heterocycles. The summed E-state index contributed by atoms with van der Waals surface area (Å²) >= 11 is 3.36. The normalized spacial score (nSPS) is 16.5. The van der Waals surface area contributed by atoms with Gasteiger partial charge in [0.1, 0.15) is 0 Å². The first-order valence-electron chi connectivity index (χ1n) is 5.83. The summed E-state index contributed by atoms with van der Waals surface area (Å²) in [5.74, 6) is 0.433. The fraction of sp³-hybridized carbons (Fsp3) is 0.385. The van der Waals surface area contributed by atoms with Gasteiger partial charge in [-0.25, -0.2) is 0 Å². The van der Waals surface area contributed by atoms with Gasteiger partial charge in [0.2, 0.25) is 5.91 Å². The average molecular weight is 308 g/mol. The minimum absolute atomic E-state index is 0.00575. The summed E-state index contributed by atoms with van der Waals surface area (Å²) in [6.07, 6.45) is 0. The number of rotatable bonds is 3. The number of nitriles is 1. The number of benzene rings is 1. The number of nitrogens with one attached hydrogen (secondary N) is 2. The van der Waals surface area contributed by atoms with Crippen LogP contribution in [-0.4, -0.2) is 19.0 Å². The van der Waals surface area contributed by atoms with Crippen LogP contribution in [0.1, 0.15) is 12.5 Å². The first-order valence-corrected chi connectivity index (χ1v) is 6.62. The Hall–Kier alpha value is -1.38. The van der Waals surface area contributed by atoms with Gasteiger partial charge in [-0.3, -0.25) is 4.79 Å². The lowest BCUT2D eigenvalue weighted by Crippen LogP contribution is -2.48. The summed E-state index contributed by atoms with van der Waals surface area (Å²) in [5, 5.41) is 14.8. The molecule has 5 heteroatoms. The third kappa shape index (κ3) is 2.71. The van der Waals surface area contributed by atoms with Crippen molar-refractivity contribution in [3.8, 4) is 6.07 Å². The topological polar surface area (TPSA) is 64.9 Å². The second kappa shape index (κ2) is 5.51. The van der Waals surface area contributed by atoms with Crippen molar-refractivity contribution in [3.63, 3.8) is 0 Å². The summed E-state index contributed by atoms with van der Waals surface area (Å²) in [5.41, 5.74) is 1.27.